The third-order valence-corrected chi connectivity index (χ3v) is 3.99. The molecule has 0 amide bonds. The van der Waals surface area contributed by atoms with Crippen LogP contribution in [0.5, 0.6) is 0 Å². The Kier molecular flexibility index (Phi) is 4.27. The van der Waals surface area contributed by atoms with Gasteiger partial charge in [0.2, 0.25) is 0 Å². The van der Waals surface area contributed by atoms with E-state index in [0.29, 0.717) is 0 Å². The standard InChI is InChI=1S/C13H17BrN6/c14-12-1-2-13(16-9-12)19-6-3-18(4-7-19)5-8-20-11-15-10-17-20/h1-2,9-11H,3-8H2. The van der Waals surface area contributed by atoms with Gasteiger partial charge in [-0.1, -0.05) is 0 Å². The summed E-state index contributed by atoms with van der Waals surface area (Å²) in [5.41, 5.74) is 0. The Labute approximate surface area is 126 Å². The van der Waals surface area contributed by atoms with Crippen molar-refractivity contribution in [1.29, 1.82) is 0 Å². The number of pyridine rings is 1. The molecule has 6 nitrogen and oxygen atoms in total. The molecule has 0 aromatic carbocycles. The maximum atomic E-state index is 4.45. The van der Waals surface area contributed by atoms with Gasteiger partial charge in [0.1, 0.15) is 18.5 Å². The van der Waals surface area contributed by atoms with E-state index in [1.54, 1.807) is 12.7 Å². The van der Waals surface area contributed by atoms with Crippen LogP contribution in [0.15, 0.2) is 35.5 Å². The average Bonchev–Trinajstić information content (AvgIpc) is 3.00. The first-order valence-corrected chi connectivity index (χ1v) is 7.52. The zero-order valence-electron chi connectivity index (χ0n) is 11.2. The predicted molar refractivity (Wildman–Crippen MR) is 80.6 cm³/mol. The fraction of sp³-hybridized carbons (Fsp3) is 0.462. The van der Waals surface area contributed by atoms with Crippen molar-refractivity contribution in [3.63, 3.8) is 0 Å². The van der Waals surface area contributed by atoms with Crippen LogP contribution < -0.4 is 4.90 Å². The second kappa shape index (κ2) is 6.32. The average molecular weight is 337 g/mol. The largest absolute Gasteiger partial charge is 0.354 e. The summed E-state index contributed by atoms with van der Waals surface area (Å²) in [5, 5.41) is 4.13. The van der Waals surface area contributed by atoms with Crippen LogP contribution in [0.3, 0.4) is 0 Å². The van der Waals surface area contributed by atoms with Crippen molar-refractivity contribution < 1.29 is 0 Å². The molecular formula is C13H17BrN6. The highest BCUT2D eigenvalue weighted by atomic mass is 79.9. The normalized spacial score (nSPS) is 16.6. The highest BCUT2D eigenvalue weighted by Gasteiger charge is 2.17. The highest BCUT2D eigenvalue weighted by molar-refractivity contribution is 9.10. The molecule has 1 fully saturated rings. The molecule has 20 heavy (non-hydrogen) atoms. The van der Waals surface area contributed by atoms with E-state index in [2.05, 4.69) is 46.9 Å². The Morgan fingerprint density at radius 1 is 1.10 bits per heavy atom. The monoisotopic (exact) mass is 336 g/mol. The van der Waals surface area contributed by atoms with Gasteiger partial charge in [0.15, 0.2) is 0 Å². The fourth-order valence-electron chi connectivity index (χ4n) is 2.35. The Balaban J connectivity index is 1.48. The summed E-state index contributed by atoms with van der Waals surface area (Å²) in [5.74, 6) is 1.06. The van der Waals surface area contributed by atoms with Crippen molar-refractivity contribution in [1.82, 2.24) is 24.6 Å². The highest BCUT2D eigenvalue weighted by Crippen LogP contribution is 2.16. The lowest BCUT2D eigenvalue weighted by Gasteiger charge is -2.35. The lowest BCUT2D eigenvalue weighted by atomic mass is 10.3. The van der Waals surface area contributed by atoms with Gasteiger partial charge >= 0.3 is 0 Å². The van der Waals surface area contributed by atoms with Gasteiger partial charge in [-0.2, -0.15) is 5.10 Å². The molecule has 0 radical (unpaired) electrons. The van der Waals surface area contributed by atoms with Gasteiger partial charge in [0.05, 0.1) is 6.54 Å². The molecular weight excluding hydrogens is 320 g/mol. The van der Waals surface area contributed by atoms with E-state index in [1.165, 1.54) is 0 Å². The van der Waals surface area contributed by atoms with E-state index in [1.807, 2.05) is 16.9 Å². The van der Waals surface area contributed by atoms with Crippen LogP contribution in [0.2, 0.25) is 0 Å². The van der Waals surface area contributed by atoms with E-state index in [0.717, 1.165) is 49.6 Å². The summed E-state index contributed by atoms with van der Waals surface area (Å²) in [6, 6.07) is 4.11. The Bertz CT molecular complexity index is 518. The number of rotatable bonds is 4. The van der Waals surface area contributed by atoms with Crippen molar-refractivity contribution in [3.05, 3.63) is 35.5 Å². The lowest BCUT2D eigenvalue weighted by Crippen LogP contribution is -2.47. The second-order valence-corrected chi connectivity index (χ2v) is 5.74. The molecule has 0 spiro atoms. The molecule has 0 unspecified atom stereocenters. The van der Waals surface area contributed by atoms with E-state index >= 15 is 0 Å². The van der Waals surface area contributed by atoms with Crippen LogP contribution in [-0.2, 0) is 6.54 Å². The Hall–Kier alpha value is -1.47. The third kappa shape index (κ3) is 3.34. The van der Waals surface area contributed by atoms with E-state index in [-0.39, 0.29) is 0 Å². The van der Waals surface area contributed by atoms with Crippen LogP contribution in [0.25, 0.3) is 0 Å². The van der Waals surface area contributed by atoms with Crippen LogP contribution in [0.4, 0.5) is 5.82 Å². The maximum Gasteiger partial charge on any atom is 0.137 e. The first kappa shape index (κ1) is 13.5. The van der Waals surface area contributed by atoms with Crippen molar-refractivity contribution in [2.75, 3.05) is 37.6 Å². The SMILES string of the molecule is Brc1ccc(N2CCN(CCn3cncn3)CC2)nc1. The maximum absolute atomic E-state index is 4.45. The van der Waals surface area contributed by atoms with Gasteiger partial charge in [-0.05, 0) is 28.1 Å². The molecule has 0 atom stereocenters. The first-order valence-electron chi connectivity index (χ1n) is 6.72. The minimum Gasteiger partial charge on any atom is -0.354 e. The Morgan fingerprint density at radius 2 is 1.95 bits per heavy atom. The quantitative estimate of drug-likeness (QED) is 0.841. The minimum absolute atomic E-state index is 0.899. The number of anilines is 1. The molecule has 0 bridgehead atoms. The van der Waals surface area contributed by atoms with Crippen molar-refractivity contribution in [3.8, 4) is 0 Å². The van der Waals surface area contributed by atoms with Gasteiger partial charge < -0.3 is 4.90 Å². The number of aromatic nitrogens is 4. The molecule has 7 heteroatoms. The number of halogens is 1. The van der Waals surface area contributed by atoms with Gasteiger partial charge in [0, 0.05) is 43.4 Å². The van der Waals surface area contributed by atoms with E-state index < -0.39 is 0 Å². The van der Waals surface area contributed by atoms with Crippen molar-refractivity contribution in [2.45, 2.75) is 6.54 Å². The van der Waals surface area contributed by atoms with Gasteiger partial charge in [0.25, 0.3) is 0 Å². The summed E-state index contributed by atoms with van der Waals surface area (Å²) >= 11 is 3.42. The van der Waals surface area contributed by atoms with Gasteiger partial charge in [-0.3, -0.25) is 9.58 Å². The number of nitrogens with zero attached hydrogens (tertiary/aromatic N) is 6. The van der Waals surface area contributed by atoms with Crippen LogP contribution >= 0.6 is 15.9 Å². The van der Waals surface area contributed by atoms with Crippen molar-refractivity contribution >= 4 is 21.7 Å². The summed E-state index contributed by atoms with van der Waals surface area (Å²) in [6.45, 7) is 6.08. The van der Waals surface area contributed by atoms with E-state index in [9.17, 15) is 0 Å². The summed E-state index contributed by atoms with van der Waals surface area (Å²) in [4.78, 5) is 13.2. The first-order chi connectivity index (χ1) is 9.81. The summed E-state index contributed by atoms with van der Waals surface area (Å²) in [7, 11) is 0. The number of piperazine rings is 1. The summed E-state index contributed by atoms with van der Waals surface area (Å²) in [6.07, 6.45) is 5.20. The van der Waals surface area contributed by atoms with Crippen molar-refractivity contribution in [2.24, 2.45) is 0 Å². The summed E-state index contributed by atoms with van der Waals surface area (Å²) < 4.78 is 2.90. The van der Waals surface area contributed by atoms with Gasteiger partial charge in [-0.25, -0.2) is 9.97 Å². The second-order valence-electron chi connectivity index (χ2n) is 4.82. The molecule has 106 valence electrons. The number of hydrogen-bond acceptors (Lipinski definition) is 5. The fourth-order valence-corrected chi connectivity index (χ4v) is 2.58. The minimum atomic E-state index is 0.899. The topological polar surface area (TPSA) is 50.1 Å². The predicted octanol–water partition coefficient (Wildman–Crippen LogP) is 1.26. The molecule has 1 aliphatic heterocycles. The van der Waals surface area contributed by atoms with Crippen LogP contribution in [0.1, 0.15) is 0 Å². The molecule has 1 saturated heterocycles. The molecule has 0 N–H and O–H groups in total. The van der Waals surface area contributed by atoms with Gasteiger partial charge in [-0.15, -0.1) is 0 Å². The van der Waals surface area contributed by atoms with E-state index in [4.69, 9.17) is 0 Å². The molecule has 2 aromatic heterocycles. The molecule has 2 aromatic rings. The zero-order chi connectivity index (χ0) is 13.8. The van der Waals surface area contributed by atoms with Crippen LogP contribution in [-0.4, -0.2) is 57.4 Å². The third-order valence-electron chi connectivity index (χ3n) is 3.52. The zero-order valence-corrected chi connectivity index (χ0v) is 12.8. The molecule has 3 heterocycles. The smallest absolute Gasteiger partial charge is 0.137 e. The molecule has 0 aliphatic carbocycles. The van der Waals surface area contributed by atoms with Crippen LogP contribution in [0, 0.1) is 0 Å². The Morgan fingerprint density at radius 3 is 2.60 bits per heavy atom. The lowest BCUT2D eigenvalue weighted by molar-refractivity contribution is 0.244. The molecule has 3 rings (SSSR count). The molecule has 0 saturated carbocycles. The number of hydrogen-bond donors (Lipinski definition) is 0. The molecule has 1 aliphatic rings.